The van der Waals surface area contributed by atoms with Crippen LogP contribution in [0.2, 0.25) is 0 Å². The Morgan fingerprint density at radius 3 is 2.59 bits per heavy atom. The van der Waals surface area contributed by atoms with Crippen LogP contribution >= 0.6 is 0 Å². The Morgan fingerprint density at radius 2 is 1.86 bits per heavy atom. The van der Waals surface area contributed by atoms with Crippen molar-refractivity contribution in [3.05, 3.63) is 55.4 Å². The summed E-state index contributed by atoms with van der Waals surface area (Å²) in [5.74, 6) is 1.63. The van der Waals surface area contributed by atoms with E-state index in [0.717, 1.165) is 5.56 Å². The van der Waals surface area contributed by atoms with E-state index in [9.17, 15) is 4.79 Å². The Kier molecular flexibility index (Phi) is 3.96. The second kappa shape index (κ2) is 6.40. The fourth-order valence-electron chi connectivity index (χ4n) is 1.79. The van der Waals surface area contributed by atoms with E-state index in [0.29, 0.717) is 29.4 Å². The molecule has 1 amide bonds. The molecule has 7 heteroatoms. The second-order valence-electron chi connectivity index (χ2n) is 4.25. The molecule has 3 rings (SSSR count). The Balaban J connectivity index is 1.79. The molecule has 0 radical (unpaired) electrons. The molecule has 0 aliphatic heterocycles. The Morgan fingerprint density at radius 1 is 1.00 bits per heavy atom. The van der Waals surface area contributed by atoms with Gasteiger partial charge in [0, 0.05) is 30.2 Å². The lowest BCUT2D eigenvalue weighted by atomic mass is 10.2. The van der Waals surface area contributed by atoms with E-state index in [1.807, 2.05) is 0 Å². The summed E-state index contributed by atoms with van der Waals surface area (Å²) in [6, 6.07) is 6.89. The van der Waals surface area contributed by atoms with E-state index >= 15 is 0 Å². The van der Waals surface area contributed by atoms with Crippen LogP contribution in [0, 0.1) is 0 Å². The topological polar surface area (TPSA) is 89.9 Å². The van der Waals surface area contributed by atoms with Crippen LogP contribution in [0.4, 0.5) is 5.82 Å². The molecule has 0 bridgehead atoms. The van der Waals surface area contributed by atoms with E-state index in [1.54, 1.807) is 42.9 Å². The number of rotatable bonds is 5. The van der Waals surface area contributed by atoms with Crippen LogP contribution in [0.3, 0.4) is 0 Å². The van der Waals surface area contributed by atoms with Gasteiger partial charge in [-0.1, -0.05) is 0 Å². The number of nitrogens with one attached hydrogen (secondary N) is 1. The van der Waals surface area contributed by atoms with Gasteiger partial charge < -0.3 is 10.1 Å². The van der Waals surface area contributed by atoms with Crippen molar-refractivity contribution in [3.8, 4) is 22.8 Å². The summed E-state index contributed by atoms with van der Waals surface area (Å²) < 4.78 is 5.71. The average Bonchev–Trinajstić information content (AvgIpc) is 2.58. The highest BCUT2D eigenvalue weighted by Crippen LogP contribution is 2.24. The van der Waals surface area contributed by atoms with E-state index in [4.69, 9.17) is 4.74 Å². The zero-order valence-corrected chi connectivity index (χ0v) is 11.4. The maximum Gasteiger partial charge on any atom is 0.212 e. The maximum absolute atomic E-state index is 10.3. The summed E-state index contributed by atoms with van der Waals surface area (Å²) in [6.07, 6.45) is 8.57. The van der Waals surface area contributed by atoms with Gasteiger partial charge in [-0.15, -0.1) is 0 Å². The lowest BCUT2D eigenvalue weighted by molar-refractivity contribution is -0.105. The van der Waals surface area contributed by atoms with E-state index in [-0.39, 0.29) is 0 Å². The molecule has 7 nitrogen and oxygen atoms in total. The molecular weight excluding hydrogens is 282 g/mol. The van der Waals surface area contributed by atoms with Crippen molar-refractivity contribution < 1.29 is 9.53 Å². The number of ether oxygens (including phenoxy) is 1. The third-order valence-corrected chi connectivity index (χ3v) is 2.77. The SMILES string of the molecule is O=CNc1ccc(Oc2ccnc(-c3cncnc3)c2)cn1. The highest BCUT2D eigenvalue weighted by molar-refractivity contribution is 5.68. The third-order valence-electron chi connectivity index (χ3n) is 2.77. The van der Waals surface area contributed by atoms with Gasteiger partial charge in [-0.25, -0.2) is 15.0 Å². The lowest BCUT2D eigenvalue weighted by Crippen LogP contribution is -1.96. The third kappa shape index (κ3) is 3.21. The minimum Gasteiger partial charge on any atom is -0.456 e. The van der Waals surface area contributed by atoms with Crippen LogP contribution < -0.4 is 10.1 Å². The highest BCUT2D eigenvalue weighted by atomic mass is 16.5. The van der Waals surface area contributed by atoms with Crippen molar-refractivity contribution in [1.82, 2.24) is 19.9 Å². The molecule has 3 heterocycles. The first-order valence-electron chi connectivity index (χ1n) is 6.41. The fourth-order valence-corrected chi connectivity index (χ4v) is 1.79. The van der Waals surface area contributed by atoms with Gasteiger partial charge in [-0.2, -0.15) is 0 Å². The Labute approximate surface area is 126 Å². The Hall–Kier alpha value is -3.35. The van der Waals surface area contributed by atoms with Crippen molar-refractivity contribution in [2.24, 2.45) is 0 Å². The van der Waals surface area contributed by atoms with Crippen molar-refractivity contribution in [3.63, 3.8) is 0 Å². The van der Waals surface area contributed by atoms with Crippen molar-refractivity contribution in [2.45, 2.75) is 0 Å². The molecular formula is C15H11N5O2. The lowest BCUT2D eigenvalue weighted by Gasteiger charge is -2.07. The van der Waals surface area contributed by atoms with E-state index in [2.05, 4.69) is 25.3 Å². The predicted octanol–water partition coefficient (Wildman–Crippen LogP) is 2.29. The van der Waals surface area contributed by atoms with Gasteiger partial charge in [-0.05, 0) is 18.2 Å². The number of hydrogen-bond donors (Lipinski definition) is 1. The van der Waals surface area contributed by atoms with Gasteiger partial charge in [0.2, 0.25) is 6.41 Å². The number of anilines is 1. The van der Waals surface area contributed by atoms with Crippen LogP contribution in [0.15, 0.2) is 55.4 Å². The van der Waals surface area contributed by atoms with Gasteiger partial charge in [0.15, 0.2) is 0 Å². The molecule has 0 saturated heterocycles. The van der Waals surface area contributed by atoms with E-state index < -0.39 is 0 Å². The van der Waals surface area contributed by atoms with Gasteiger partial charge in [-0.3, -0.25) is 9.78 Å². The number of amides is 1. The number of nitrogens with zero attached hydrogens (tertiary/aromatic N) is 4. The predicted molar refractivity (Wildman–Crippen MR) is 79.3 cm³/mol. The highest BCUT2D eigenvalue weighted by Gasteiger charge is 2.04. The quantitative estimate of drug-likeness (QED) is 0.726. The molecule has 3 aromatic heterocycles. The molecule has 0 saturated carbocycles. The maximum atomic E-state index is 10.3. The largest absolute Gasteiger partial charge is 0.456 e. The Bertz CT molecular complexity index is 762. The van der Waals surface area contributed by atoms with Crippen LogP contribution in [0.1, 0.15) is 0 Å². The summed E-state index contributed by atoms with van der Waals surface area (Å²) in [4.78, 5) is 26.6. The number of pyridine rings is 2. The minimum absolute atomic E-state index is 0.458. The van der Waals surface area contributed by atoms with Crippen LogP contribution in [0.25, 0.3) is 11.3 Å². The molecule has 22 heavy (non-hydrogen) atoms. The molecule has 0 fully saturated rings. The zero-order chi connectivity index (χ0) is 15.2. The monoisotopic (exact) mass is 293 g/mol. The molecule has 108 valence electrons. The zero-order valence-electron chi connectivity index (χ0n) is 11.4. The average molecular weight is 293 g/mol. The summed E-state index contributed by atoms with van der Waals surface area (Å²) in [6.45, 7) is 0. The second-order valence-corrected chi connectivity index (χ2v) is 4.25. The summed E-state index contributed by atoms with van der Waals surface area (Å²) in [5, 5.41) is 2.46. The fraction of sp³-hybridized carbons (Fsp3) is 0. The number of hydrogen-bond acceptors (Lipinski definition) is 6. The van der Waals surface area contributed by atoms with E-state index in [1.165, 1.54) is 12.5 Å². The number of carbonyl (C=O) groups is 1. The van der Waals surface area contributed by atoms with Crippen LogP contribution in [-0.4, -0.2) is 26.3 Å². The first kappa shape index (κ1) is 13.6. The molecule has 3 aromatic rings. The molecule has 1 N–H and O–H groups in total. The van der Waals surface area contributed by atoms with Gasteiger partial charge in [0.25, 0.3) is 0 Å². The summed E-state index contributed by atoms with van der Waals surface area (Å²) in [7, 11) is 0. The normalized spacial score (nSPS) is 10.0. The molecule has 0 aliphatic rings. The smallest absolute Gasteiger partial charge is 0.212 e. The van der Waals surface area contributed by atoms with Crippen LogP contribution in [0.5, 0.6) is 11.5 Å². The first-order valence-corrected chi connectivity index (χ1v) is 6.41. The standard InChI is InChI=1S/C15H11N5O2/c21-10-20-15-2-1-13(8-19-15)22-12-3-4-18-14(5-12)11-6-16-9-17-7-11/h1-10H,(H,19,20,21). The first-order chi connectivity index (χ1) is 10.8. The summed E-state index contributed by atoms with van der Waals surface area (Å²) in [5.41, 5.74) is 1.52. The van der Waals surface area contributed by atoms with Crippen LogP contribution in [-0.2, 0) is 4.79 Å². The molecule has 0 aliphatic carbocycles. The number of carbonyl (C=O) groups excluding carboxylic acids is 1. The summed E-state index contributed by atoms with van der Waals surface area (Å²) >= 11 is 0. The van der Waals surface area contributed by atoms with Crippen molar-refractivity contribution in [2.75, 3.05) is 5.32 Å². The van der Waals surface area contributed by atoms with Crippen molar-refractivity contribution >= 4 is 12.2 Å². The van der Waals surface area contributed by atoms with Gasteiger partial charge in [0.1, 0.15) is 23.6 Å². The molecule has 0 atom stereocenters. The van der Waals surface area contributed by atoms with Gasteiger partial charge in [0.05, 0.1) is 11.9 Å². The molecule has 0 spiro atoms. The minimum atomic E-state index is 0.458. The molecule has 0 aromatic carbocycles. The number of aromatic nitrogens is 4. The van der Waals surface area contributed by atoms with Gasteiger partial charge >= 0.3 is 0 Å². The van der Waals surface area contributed by atoms with Crippen molar-refractivity contribution in [1.29, 1.82) is 0 Å². The molecule has 0 unspecified atom stereocenters.